The molecule has 1 aliphatic carbocycles. The first-order valence-electron chi connectivity index (χ1n) is 7.19. The fourth-order valence-electron chi connectivity index (χ4n) is 2.20. The third-order valence-electron chi connectivity index (χ3n) is 3.64. The van der Waals surface area contributed by atoms with Crippen molar-refractivity contribution in [2.45, 2.75) is 38.4 Å². The second-order valence-electron chi connectivity index (χ2n) is 5.44. The largest absolute Gasteiger partial charge is 0.310 e. The molecule has 1 aromatic carbocycles. The molecule has 1 heterocycles. The zero-order valence-electron chi connectivity index (χ0n) is 11.7. The Morgan fingerprint density at radius 3 is 2.71 bits per heavy atom. The summed E-state index contributed by atoms with van der Waals surface area (Å²) in [4.78, 5) is 10.2. The number of benzene rings is 1. The lowest BCUT2D eigenvalue weighted by Gasteiger charge is -2.02. The summed E-state index contributed by atoms with van der Waals surface area (Å²) in [5.74, 6) is 0. The van der Waals surface area contributed by atoms with Crippen molar-refractivity contribution in [3.63, 3.8) is 0 Å². The number of rotatable bonds is 7. The Kier molecular flexibility index (Phi) is 3.96. The van der Waals surface area contributed by atoms with Gasteiger partial charge in [-0.2, -0.15) is 5.10 Å². The van der Waals surface area contributed by atoms with Gasteiger partial charge in [-0.15, -0.1) is 0 Å². The van der Waals surface area contributed by atoms with E-state index < -0.39 is 0 Å². The third-order valence-corrected chi connectivity index (χ3v) is 3.64. The first-order valence-corrected chi connectivity index (χ1v) is 7.19. The van der Waals surface area contributed by atoms with E-state index in [1.54, 1.807) is 24.3 Å². The van der Waals surface area contributed by atoms with Gasteiger partial charge in [-0.1, -0.05) is 12.1 Å². The van der Waals surface area contributed by atoms with Gasteiger partial charge in [-0.05, 0) is 24.8 Å². The van der Waals surface area contributed by atoms with E-state index in [0.717, 1.165) is 25.1 Å². The average molecular weight is 286 g/mol. The van der Waals surface area contributed by atoms with E-state index in [9.17, 15) is 10.1 Å². The standard InChI is InChI=1S/C15H18N4O2/c20-19(21)15-5-1-12(2-6-15)7-8-18-11-13(10-17-18)9-16-14-3-4-14/h1-2,5-6,10-11,14,16H,3-4,7-9H2. The molecule has 6 nitrogen and oxygen atoms in total. The van der Waals surface area contributed by atoms with E-state index in [4.69, 9.17) is 0 Å². The molecule has 6 heteroatoms. The van der Waals surface area contributed by atoms with Crippen molar-refractivity contribution in [1.29, 1.82) is 0 Å². The van der Waals surface area contributed by atoms with Crippen molar-refractivity contribution >= 4 is 5.69 Å². The minimum absolute atomic E-state index is 0.131. The SMILES string of the molecule is O=[N+]([O-])c1ccc(CCn2cc(CNC3CC3)cn2)cc1. The predicted octanol–water partition coefficient (Wildman–Crippen LogP) is 2.29. The lowest BCUT2D eigenvalue weighted by molar-refractivity contribution is -0.384. The summed E-state index contributed by atoms with van der Waals surface area (Å²) in [6.45, 7) is 1.66. The van der Waals surface area contributed by atoms with Crippen LogP contribution in [0.1, 0.15) is 24.0 Å². The van der Waals surface area contributed by atoms with Crippen LogP contribution in [0.2, 0.25) is 0 Å². The number of hydrogen-bond acceptors (Lipinski definition) is 4. The molecular formula is C15H18N4O2. The van der Waals surface area contributed by atoms with Crippen LogP contribution in [0.5, 0.6) is 0 Å². The number of aromatic nitrogens is 2. The Balaban J connectivity index is 1.50. The maximum atomic E-state index is 10.6. The predicted molar refractivity (Wildman–Crippen MR) is 78.9 cm³/mol. The Hall–Kier alpha value is -2.21. The van der Waals surface area contributed by atoms with Gasteiger partial charge < -0.3 is 5.32 Å². The van der Waals surface area contributed by atoms with Crippen LogP contribution >= 0.6 is 0 Å². The van der Waals surface area contributed by atoms with E-state index in [1.165, 1.54) is 18.4 Å². The van der Waals surface area contributed by atoms with Crippen LogP contribution in [0.3, 0.4) is 0 Å². The van der Waals surface area contributed by atoms with Crippen molar-refractivity contribution in [3.05, 3.63) is 57.9 Å². The molecule has 1 fully saturated rings. The molecule has 21 heavy (non-hydrogen) atoms. The molecule has 0 amide bonds. The van der Waals surface area contributed by atoms with E-state index >= 15 is 0 Å². The van der Waals surface area contributed by atoms with Gasteiger partial charge in [0.1, 0.15) is 0 Å². The van der Waals surface area contributed by atoms with Gasteiger partial charge in [0, 0.05) is 43.0 Å². The summed E-state index contributed by atoms with van der Waals surface area (Å²) in [5.41, 5.74) is 2.41. The molecule has 0 radical (unpaired) electrons. The van der Waals surface area contributed by atoms with Crippen LogP contribution in [0.25, 0.3) is 0 Å². The van der Waals surface area contributed by atoms with Crippen LogP contribution in [0.4, 0.5) is 5.69 Å². The fourth-order valence-corrected chi connectivity index (χ4v) is 2.20. The smallest absolute Gasteiger partial charge is 0.269 e. The van der Waals surface area contributed by atoms with Crippen LogP contribution < -0.4 is 5.32 Å². The molecule has 1 aromatic heterocycles. The van der Waals surface area contributed by atoms with E-state index in [1.807, 2.05) is 10.9 Å². The lowest BCUT2D eigenvalue weighted by Crippen LogP contribution is -2.14. The first kappa shape index (κ1) is 13.8. The molecule has 1 aliphatic rings. The minimum Gasteiger partial charge on any atom is -0.310 e. The maximum Gasteiger partial charge on any atom is 0.269 e. The summed E-state index contributed by atoms with van der Waals surface area (Å²) >= 11 is 0. The second kappa shape index (κ2) is 6.05. The summed E-state index contributed by atoms with van der Waals surface area (Å²) in [7, 11) is 0. The maximum absolute atomic E-state index is 10.6. The van der Waals surface area contributed by atoms with Gasteiger partial charge in [-0.25, -0.2) is 0 Å². The molecule has 0 spiro atoms. The zero-order valence-corrected chi connectivity index (χ0v) is 11.7. The van der Waals surface area contributed by atoms with Crippen molar-refractivity contribution in [2.24, 2.45) is 0 Å². The average Bonchev–Trinajstić information content (AvgIpc) is 3.21. The Labute approximate surface area is 122 Å². The van der Waals surface area contributed by atoms with Crippen LogP contribution in [-0.4, -0.2) is 20.7 Å². The third kappa shape index (κ3) is 3.88. The number of nitro benzene ring substituents is 1. The Morgan fingerprint density at radius 2 is 2.05 bits per heavy atom. The molecule has 1 N–H and O–H groups in total. The highest BCUT2D eigenvalue weighted by Gasteiger charge is 2.20. The first-order chi connectivity index (χ1) is 10.2. The zero-order chi connectivity index (χ0) is 14.7. The van der Waals surface area contributed by atoms with E-state index in [-0.39, 0.29) is 10.6 Å². The van der Waals surface area contributed by atoms with E-state index in [0.29, 0.717) is 6.04 Å². The van der Waals surface area contributed by atoms with Crippen molar-refractivity contribution in [2.75, 3.05) is 0 Å². The highest BCUT2D eigenvalue weighted by molar-refractivity contribution is 5.32. The van der Waals surface area contributed by atoms with Crippen LogP contribution in [-0.2, 0) is 19.5 Å². The van der Waals surface area contributed by atoms with Crippen LogP contribution in [0, 0.1) is 10.1 Å². The molecule has 0 bridgehead atoms. The molecule has 110 valence electrons. The number of nitrogens with one attached hydrogen (secondary N) is 1. The van der Waals surface area contributed by atoms with Gasteiger partial charge in [0.05, 0.1) is 11.1 Å². The molecule has 0 unspecified atom stereocenters. The van der Waals surface area contributed by atoms with Crippen molar-refractivity contribution in [1.82, 2.24) is 15.1 Å². The highest BCUT2D eigenvalue weighted by atomic mass is 16.6. The summed E-state index contributed by atoms with van der Waals surface area (Å²) < 4.78 is 1.92. The molecule has 0 atom stereocenters. The molecule has 1 saturated carbocycles. The lowest BCUT2D eigenvalue weighted by atomic mass is 10.1. The Bertz CT molecular complexity index is 617. The van der Waals surface area contributed by atoms with Gasteiger partial charge >= 0.3 is 0 Å². The van der Waals surface area contributed by atoms with Crippen LogP contribution in [0.15, 0.2) is 36.7 Å². The van der Waals surface area contributed by atoms with E-state index in [2.05, 4.69) is 16.6 Å². The summed E-state index contributed by atoms with van der Waals surface area (Å²) in [6.07, 6.45) is 7.34. The van der Waals surface area contributed by atoms with Crippen molar-refractivity contribution in [3.8, 4) is 0 Å². The van der Waals surface area contributed by atoms with Gasteiger partial charge in [0.15, 0.2) is 0 Å². The van der Waals surface area contributed by atoms with Gasteiger partial charge in [-0.3, -0.25) is 14.8 Å². The fraction of sp³-hybridized carbons (Fsp3) is 0.400. The molecule has 3 rings (SSSR count). The molecule has 0 saturated heterocycles. The molecule has 0 aliphatic heterocycles. The van der Waals surface area contributed by atoms with Crippen molar-refractivity contribution < 1.29 is 4.92 Å². The number of nitro groups is 1. The highest BCUT2D eigenvalue weighted by Crippen LogP contribution is 2.19. The van der Waals surface area contributed by atoms with Gasteiger partial charge in [0.25, 0.3) is 5.69 Å². The topological polar surface area (TPSA) is 73.0 Å². The normalized spacial score (nSPS) is 14.3. The summed E-state index contributed by atoms with van der Waals surface area (Å²) in [6, 6.07) is 7.40. The Morgan fingerprint density at radius 1 is 1.29 bits per heavy atom. The number of nitrogens with zero attached hydrogens (tertiary/aromatic N) is 3. The molecular weight excluding hydrogens is 268 g/mol. The van der Waals surface area contributed by atoms with Gasteiger partial charge in [0.2, 0.25) is 0 Å². The number of non-ortho nitro benzene ring substituents is 1. The quantitative estimate of drug-likeness (QED) is 0.626. The number of hydrogen-bond donors (Lipinski definition) is 1. The number of aryl methyl sites for hydroxylation is 2. The molecule has 2 aromatic rings. The second-order valence-corrected chi connectivity index (χ2v) is 5.44. The summed E-state index contributed by atoms with van der Waals surface area (Å²) in [5, 5.41) is 18.4. The monoisotopic (exact) mass is 286 g/mol. The minimum atomic E-state index is -0.379.